The van der Waals surface area contributed by atoms with Gasteiger partial charge in [0.2, 0.25) is 5.91 Å². The van der Waals surface area contributed by atoms with E-state index in [4.69, 9.17) is 4.74 Å². The van der Waals surface area contributed by atoms with E-state index in [9.17, 15) is 4.79 Å². The maximum absolute atomic E-state index is 11.9. The normalized spacial score (nSPS) is 24.4. The summed E-state index contributed by atoms with van der Waals surface area (Å²) in [5.41, 5.74) is 0.970. The minimum absolute atomic E-state index is 0.0111. The van der Waals surface area contributed by atoms with E-state index in [1.54, 1.807) is 7.11 Å². The third kappa shape index (κ3) is 3.07. The predicted molar refractivity (Wildman–Crippen MR) is 76.1 cm³/mol. The highest BCUT2D eigenvalue weighted by atomic mass is 16.5. The van der Waals surface area contributed by atoms with Gasteiger partial charge in [-0.3, -0.25) is 4.79 Å². The lowest BCUT2D eigenvalue weighted by molar-refractivity contribution is -0.131. The van der Waals surface area contributed by atoms with E-state index in [2.05, 4.69) is 24.5 Å². The molecule has 0 bridgehead atoms. The van der Waals surface area contributed by atoms with E-state index in [0.717, 1.165) is 12.1 Å². The molecule has 104 valence electrons. The van der Waals surface area contributed by atoms with Gasteiger partial charge >= 0.3 is 0 Å². The first kappa shape index (κ1) is 13.9. The lowest BCUT2D eigenvalue weighted by Gasteiger charge is -2.51. The van der Waals surface area contributed by atoms with E-state index < -0.39 is 0 Å². The van der Waals surface area contributed by atoms with Crippen LogP contribution in [0.3, 0.4) is 0 Å². The van der Waals surface area contributed by atoms with Crippen LogP contribution in [-0.2, 0) is 9.53 Å². The number of carbonyl (C=O) groups is 1. The molecule has 0 saturated heterocycles. The minimum Gasteiger partial charge on any atom is -0.381 e. The molecule has 0 heterocycles. The summed E-state index contributed by atoms with van der Waals surface area (Å²) in [4.78, 5) is 11.9. The molecule has 2 unspecified atom stereocenters. The number of carbonyl (C=O) groups excluding carboxylic acids is 1. The van der Waals surface area contributed by atoms with Gasteiger partial charge < -0.3 is 15.4 Å². The van der Waals surface area contributed by atoms with Crippen LogP contribution in [0.5, 0.6) is 0 Å². The Morgan fingerprint density at radius 1 is 1.37 bits per heavy atom. The zero-order valence-corrected chi connectivity index (χ0v) is 11.8. The molecular formula is C15H22N2O2. The van der Waals surface area contributed by atoms with Crippen LogP contribution in [0.2, 0.25) is 0 Å². The number of anilines is 1. The molecule has 1 fully saturated rings. The first-order chi connectivity index (χ1) is 9.04. The molecule has 1 amide bonds. The van der Waals surface area contributed by atoms with Crippen molar-refractivity contribution < 1.29 is 9.53 Å². The van der Waals surface area contributed by atoms with Crippen LogP contribution in [0.15, 0.2) is 30.3 Å². The van der Waals surface area contributed by atoms with Gasteiger partial charge in [-0.15, -0.1) is 0 Å². The van der Waals surface area contributed by atoms with Crippen molar-refractivity contribution in [1.29, 1.82) is 0 Å². The number of methoxy groups -OCH3 is 1. The number of ether oxygens (including phenoxy) is 1. The van der Waals surface area contributed by atoms with Crippen LogP contribution in [0, 0.1) is 5.41 Å². The molecular weight excluding hydrogens is 240 g/mol. The Balaban J connectivity index is 1.77. The molecule has 0 aliphatic heterocycles. The molecule has 1 aliphatic rings. The van der Waals surface area contributed by atoms with Crippen molar-refractivity contribution in [2.24, 2.45) is 5.41 Å². The van der Waals surface area contributed by atoms with Crippen molar-refractivity contribution in [2.45, 2.75) is 32.4 Å². The van der Waals surface area contributed by atoms with Crippen molar-refractivity contribution in [3.05, 3.63) is 30.3 Å². The Labute approximate surface area is 114 Å². The summed E-state index contributed by atoms with van der Waals surface area (Å²) in [7, 11) is 1.72. The molecule has 1 aromatic rings. The first-order valence-electron chi connectivity index (χ1n) is 6.65. The van der Waals surface area contributed by atoms with Gasteiger partial charge in [-0.2, -0.15) is 0 Å². The average Bonchev–Trinajstić information content (AvgIpc) is 2.42. The second-order valence-corrected chi connectivity index (χ2v) is 5.62. The molecule has 1 aliphatic carbocycles. The van der Waals surface area contributed by atoms with E-state index in [-0.39, 0.29) is 23.5 Å². The molecule has 1 aromatic carbocycles. The Kier molecular flexibility index (Phi) is 4.10. The zero-order chi connectivity index (χ0) is 13.9. The number of nitrogens with one attached hydrogen (secondary N) is 2. The quantitative estimate of drug-likeness (QED) is 0.853. The summed E-state index contributed by atoms with van der Waals surface area (Å²) >= 11 is 0. The SMILES string of the molecule is COC1CC(NC(=O)CNc2ccccc2)C1(C)C. The second kappa shape index (κ2) is 5.61. The largest absolute Gasteiger partial charge is 0.381 e. The number of hydrogen-bond donors (Lipinski definition) is 2. The highest BCUT2D eigenvalue weighted by molar-refractivity contribution is 5.81. The smallest absolute Gasteiger partial charge is 0.239 e. The highest BCUT2D eigenvalue weighted by Crippen LogP contribution is 2.42. The van der Waals surface area contributed by atoms with Crippen LogP contribution in [-0.4, -0.2) is 31.7 Å². The number of rotatable bonds is 5. The number of amides is 1. The predicted octanol–water partition coefficient (Wildman–Crippen LogP) is 2.03. The van der Waals surface area contributed by atoms with Gasteiger partial charge in [0.1, 0.15) is 0 Å². The number of para-hydroxylation sites is 1. The fourth-order valence-corrected chi connectivity index (χ4v) is 2.51. The summed E-state index contributed by atoms with van der Waals surface area (Å²) in [6.07, 6.45) is 1.13. The lowest BCUT2D eigenvalue weighted by atomic mass is 9.64. The maximum Gasteiger partial charge on any atom is 0.239 e. The van der Waals surface area contributed by atoms with Gasteiger partial charge in [0.05, 0.1) is 12.6 Å². The third-order valence-corrected chi connectivity index (χ3v) is 4.02. The second-order valence-electron chi connectivity index (χ2n) is 5.62. The van der Waals surface area contributed by atoms with E-state index in [1.165, 1.54) is 0 Å². The zero-order valence-electron chi connectivity index (χ0n) is 11.8. The molecule has 2 rings (SSSR count). The first-order valence-corrected chi connectivity index (χ1v) is 6.65. The molecule has 1 saturated carbocycles. The molecule has 0 radical (unpaired) electrons. The Bertz CT molecular complexity index is 431. The Morgan fingerprint density at radius 3 is 2.63 bits per heavy atom. The molecule has 4 nitrogen and oxygen atoms in total. The molecule has 19 heavy (non-hydrogen) atoms. The van der Waals surface area contributed by atoms with Crippen LogP contribution in [0.1, 0.15) is 20.3 Å². The van der Waals surface area contributed by atoms with Gasteiger partial charge in [-0.25, -0.2) is 0 Å². The summed E-state index contributed by atoms with van der Waals surface area (Å²) in [5.74, 6) is 0.0245. The van der Waals surface area contributed by atoms with Gasteiger partial charge in [-0.1, -0.05) is 32.0 Å². The van der Waals surface area contributed by atoms with Crippen molar-refractivity contribution in [3.8, 4) is 0 Å². The van der Waals surface area contributed by atoms with Crippen molar-refractivity contribution in [2.75, 3.05) is 19.0 Å². The molecule has 0 spiro atoms. The third-order valence-electron chi connectivity index (χ3n) is 4.02. The molecule has 2 N–H and O–H groups in total. The summed E-state index contributed by atoms with van der Waals surface area (Å²) in [6, 6.07) is 9.93. The molecule has 0 aromatic heterocycles. The summed E-state index contributed by atoms with van der Waals surface area (Å²) < 4.78 is 5.38. The van der Waals surface area contributed by atoms with Gasteiger partial charge in [0.25, 0.3) is 0 Å². The number of hydrogen-bond acceptors (Lipinski definition) is 3. The standard InChI is InChI=1S/C15H22N2O2/c1-15(2)12(9-13(15)19-3)17-14(18)10-16-11-7-5-4-6-8-11/h4-8,12-13,16H,9-10H2,1-3H3,(H,17,18). The van der Waals surface area contributed by atoms with E-state index in [1.807, 2.05) is 30.3 Å². The van der Waals surface area contributed by atoms with Crippen LogP contribution in [0.4, 0.5) is 5.69 Å². The van der Waals surface area contributed by atoms with E-state index >= 15 is 0 Å². The average molecular weight is 262 g/mol. The van der Waals surface area contributed by atoms with Crippen molar-refractivity contribution in [1.82, 2.24) is 5.32 Å². The minimum atomic E-state index is 0.0111. The summed E-state index contributed by atoms with van der Waals surface area (Å²) in [6.45, 7) is 4.55. The number of benzene rings is 1. The topological polar surface area (TPSA) is 50.4 Å². The van der Waals surface area contributed by atoms with Crippen LogP contribution in [0.25, 0.3) is 0 Å². The van der Waals surface area contributed by atoms with Gasteiger partial charge in [0.15, 0.2) is 0 Å². The highest BCUT2D eigenvalue weighted by Gasteiger charge is 2.49. The fourth-order valence-electron chi connectivity index (χ4n) is 2.51. The van der Waals surface area contributed by atoms with Crippen LogP contribution >= 0.6 is 0 Å². The van der Waals surface area contributed by atoms with Crippen LogP contribution < -0.4 is 10.6 Å². The van der Waals surface area contributed by atoms with Gasteiger partial charge in [0, 0.05) is 24.3 Å². The van der Waals surface area contributed by atoms with Crippen molar-refractivity contribution >= 4 is 11.6 Å². The molecule has 4 heteroatoms. The van der Waals surface area contributed by atoms with Crippen molar-refractivity contribution in [3.63, 3.8) is 0 Å². The monoisotopic (exact) mass is 262 g/mol. The maximum atomic E-state index is 11.9. The van der Waals surface area contributed by atoms with Gasteiger partial charge in [-0.05, 0) is 18.6 Å². The molecule has 2 atom stereocenters. The Morgan fingerprint density at radius 2 is 2.05 bits per heavy atom. The fraction of sp³-hybridized carbons (Fsp3) is 0.533. The Hall–Kier alpha value is -1.55. The lowest BCUT2D eigenvalue weighted by Crippen LogP contribution is -2.62. The van der Waals surface area contributed by atoms with E-state index in [0.29, 0.717) is 6.54 Å². The summed E-state index contributed by atoms with van der Waals surface area (Å²) in [5, 5.41) is 6.17.